The highest BCUT2D eigenvalue weighted by molar-refractivity contribution is 6.20. The topological polar surface area (TPSA) is 38.7 Å². The van der Waals surface area contributed by atoms with Crippen LogP contribution in [-0.2, 0) is 0 Å². The van der Waals surface area contributed by atoms with Crippen LogP contribution < -0.4 is 0 Å². The zero-order valence-electron chi connectivity index (χ0n) is 29.4. The Morgan fingerprint density at radius 3 is 1.31 bits per heavy atom. The Kier molecular flexibility index (Phi) is 7.81. The van der Waals surface area contributed by atoms with Crippen LogP contribution in [0.2, 0.25) is 0 Å². The molecule has 1 heterocycles. The van der Waals surface area contributed by atoms with Crippen LogP contribution in [0.25, 0.3) is 99.9 Å². The van der Waals surface area contributed by atoms with Crippen LogP contribution >= 0.6 is 0 Å². The number of hydrogen-bond donors (Lipinski definition) is 0. The van der Waals surface area contributed by atoms with Gasteiger partial charge in [-0.15, -0.1) is 0 Å². The van der Waals surface area contributed by atoms with Gasteiger partial charge in [-0.2, -0.15) is 0 Å². The van der Waals surface area contributed by atoms with Crippen LogP contribution in [0.15, 0.2) is 200 Å². The van der Waals surface area contributed by atoms with Gasteiger partial charge in [0.25, 0.3) is 0 Å². The van der Waals surface area contributed by atoms with Gasteiger partial charge in [0, 0.05) is 16.7 Å². The smallest absolute Gasteiger partial charge is 0.164 e. The van der Waals surface area contributed by atoms with Gasteiger partial charge in [0.2, 0.25) is 0 Å². The van der Waals surface area contributed by atoms with Crippen LogP contribution in [0, 0.1) is 0 Å². The normalized spacial score (nSPS) is 11.3. The molecule has 0 aliphatic rings. The Bertz CT molecular complexity index is 2870. The van der Waals surface area contributed by atoms with Gasteiger partial charge in [0.1, 0.15) is 0 Å². The molecule has 0 atom stereocenters. The van der Waals surface area contributed by atoms with E-state index in [1.54, 1.807) is 0 Å². The minimum atomic E-state index is 0.626. The molecule has 1 aromatic heterocycles. The van der Waals surface area contributed by atoms with Crippen molar-refractivity contribution >= 4 is 32.3 Å². The van der Waals surface area contributed by atoms with Crippen molar-refractivity contribution in [3.8, 4) is 67.5 Å². The summed E-state index contributed by atoms with van der Waals surface area (Å²) >= 11 is 0. The maximum absolute atomic E-state index is 5.21. The molecule has 9 aromatic carbocycles. The van der Waals surface area contributed by atoms with Crippen molar-refractivity contribution < 1.29 is 0 Å². The predicted octanol–water partition coefficient (Wildman–Crippen LogP) is 13.3. The minimum Gasteiger partial charge on any atom is -0.208 e. The zero-order chi connectivity index (χ0) is 35.8. The van der Waals surface area contributed by atoms with Crippen molar-refractivity contribution in [2.75, 3.05) is 0 Å². The molecule has 0 bridgehead atoms. The minimum absolute atomic E-state index is 0.626. The Morgan fingerprint density at radius 1 is 0.241 bits per heavy atom. The lowest BCUT2D eigenvalue weighted by Crippen LogP contribution is -2.02. The number of fused-ring (bicyclic) bond motifs is 4. The molecule has 0 saturated heterocycles. The van der Waals surface area contributed by atoms with Crippen LogP contribution in [0.3, 0.4) is 0 Å². The first-order valence-electron chi connectivity index (χ1n) is 18.3. The van der Waals surface area contributed by atoms with Crippen LogP contribution in [-0.4, -0.2) is 15.0 Å². The summed E-state index contributed by atoms with van der Waals surface area (Å²) in [6.45, 7) is 0. The molecule has 54 heavy (non-hydrogen) atoms. The quantitative estimate of drug-likeness (QED) is 0.129. The van der Waals surface area contributed by atoms with Crippen molar-refractivity contribution in [3.05, 3.63) is 200 Å². The molecule has 0 aliphatic carbocycles. The Labute approximate surface area is 313 Å². The highest BCUT2D eigenvalue weighted by Crippen LogP contribution is 2.40. The number of benzene rings is 9. The summed E-state index contributed by atoms with van der Waals surface area (Å²) in [6.07, 6.45) is 0. The monoisotopic (exact) mass is 687 g/mol. The molecule has 252 valence electrons. The highest BCUT2D eigenvalue weighted by Gasteiger charge is 2.18. The second-order valence-electron chi connectivity index (χ2n) is 13.6. The fourth-order valence-electron chi connectivity index (χ4n) is 7.76. The van der Waals surface area contributed by atoms with E-state index >= 15 is 0 Å². The summed E-state index contributed by atoms with van der Waals surface area (Å²) in [4.78, 5) is 15.6. The van der Waals surface area contributed by atoms with E-state index in [4.69, 9.17) is 15.0 Å². The van der Waals surface area contributed by atoms with Gasteiger partial charge >= 0.3 is 0 Å². The van der Waals surface area contributed by atoms with E-state index in [1.807, 2.05) is 12.1 Å². The molecule has 0 spiro atoms. The van der Waals surface area contributed by atoms with Crippen LogP contribution in [0.1, 0.15) is 0 Å². The lowest BCUT2D eigenvalue weighted by molar-refractivity contribution is 1.07. The van der Waals surface area contributed by atoms with E-state index in [1.165, 1.54) is 37.9 Å². The van der Waals surface area contributed by atoms with E-state index in [0.717, 1.165) is 44.5 Å². The van der Waals surface area contributed by atoms with E-state index in [9.17, 15) is 0 Å². The van der Waals surface area contributed by atoms with Crippen molar-refractivity contribution in [1.82, 2.24) is 15.0 Å². The van der Waals surface area contributed by atoms with Crippen molar-refractivity contribution in [2.45, 2.75) is 0 Å². The molecule has 3 heteroatoms. The van der Waals surface area contributed by atoms with E-state index < -0.39 is 0 Å². The second-order valence-corrected chi connectivity index (χ2v) is 13.6. The fraction of sp³-hybridized carbons (Fsp3) is 0. The van der Waals surface area contributed by atoms with Gasteiger partial charge < -0.3 is 0 Å². The van der Waals surface area contributed by atoms with Gasteiger partial charge in [-0.3, -0.25) is 0 Å². The van der Waals surface area contributed by atoms with E-state index in [2.05, 4.69) is 188 Å². The molecule has 10 aromatic rings. The first-order valence-corrected chi connectivity index (χ1v) is 18.3. The first kappa shape index (κ1) is 31.5. The fourth-order valence-corrected chi connectivity index (χ4v) is 7.76. The number of hydrogen-bond acceptors (Lipinski definition) is 3. The van der Waals surface area contributed by atoms with Gasteiger partial charge in [-0.1, -0.05) is 194 Å². The van der Waals surface area contributed by atoms with E-state index in [0.29, 0.717) is 17.5 Å². The van der Waals surface area contributed by atoms with Gasteiger partial charge in [0.05, 0.1) is 0 Å². The number of nitrogens with zero attached hydrogens (tertiary/aromatic N) is 3. The predicted molar refractivity (Wildman–Crippen MR) is 225 cm³/mol. The zero-order valence-corrected chi connectivity index (χ0v) is 29.4. The molecule has 0 saturated carbocycles. The standard InChI is InChI=1S/C51H33N3/c1-3-15-34(16-4-1)40-21-11-13-25-45(40)50-52-49(53-51(54-50)46-26-14-12-22-41(46)35-17-5-2-6-18-35)38-29-27-37(28-30-38)48-43-24-10-8-20-39(43)33-47-42-23-9-7-19-36(42)31-32-44(47)48/h1-33H. The van der Waals surface area contributed by atoms with Gasteiger partial charge in [0.15, 0.2) is 17.5 Å². The van der Waals surface area contributed by atoms with Gasteiger partial charge in [-0.25, -0.2) is 15.0 Å². The Morgan fingerprint density at radius 2 is 0.704 bits per heavy atom. The molecule has 3 nitrogen and oxygen atoms in total. The third kappa shape index (κ3) is 5.60. The summed E-state index contributed by atoms with van der Waals surface area (Å²) in [5.74, 6) is 1.89. The molecule has 0 unspecified atom stereocenters. The Balaban J connectivity index is 1.16. The maximum atomic E-state index is 5.21. The third-order valence-corrected chi connectivity index (χ3v) is 10.3. The summed E-state index contributed by atoms with van der Waals surface area (Å²) in [7, 11) is 0. The maximum Gasteiger partial charge on any atom is 0.164 e. The average molecular weight is 688 g/mol. The number of aromatic nitrogens is 3. The second kappa shape index (κ2) is 13.4. The summed E-state index contributed by atoms with van der Waals surface area (Å²) in [5, 5.41) is 7.45. The molecule has 0 aliphatic heterocycles. The van der Waals surface area contributed by atoms with Crippen molar-refractivity contribution in [1.29, 1.82) is 0 Å². The molecular formula is C51H33N3. The molecule has 0 radical (unpaired) electrons. The molecule has 0 N–H and O–H groups in total. The summed E-state index contributed by atoms with van der Waals surface area (Å²) in [5.41, 5.74) is 9.58. The summed E-state index contributed by atoms with van der Waals surface area (Å²) in [6, 6.07) is 70.5. The van der Waals surface area contributed by atoms with E-state index in [-0.39, 0.29) is 0 Å². The first-order chi connectivity index (χ1) is 26.8. The van der Waals surface area contributed by atoms with Crippen LogP contribution in [0.4, 0.5) is 0 Å². The lowest BCUT2D eigenvalue weighted by atomic mass is 9.89. The molecule has 10 rings (SSSR count). The average Bonchev–Trinajstić information content (AvgIpc) is 3.26. The molecular weight excluding hydrogens is 655 g/mol. The summed E-state index contributed by atoms with van der Waals surface area (Å²) < 4.78 is 0. The highest BCUT2D eigenvalue weighted by atomic mass is 15.0. The molecule has 0 amide bonds. The van der Waals surface area contributed by atoms with Gasteiger partial charge in [-0.05, 0) is 71.8 Å². The van der Waals surface area contributed by atoms with Crippen molar-refractivity contribution in [2.24, 2.45) is 0 Å². The third-order valence-electron chi connectivity index (χ3n) is 10.3. The van der Waals surface area contributed by atoms with Crippen LogP contribution in [0.5, 0.6) is 0 Å². The molecule has 0 fully saturated rings. The Hall–Kier alpha value is -7.23. The SMILES string of the molecule is c1ccc(-c2ccccc2-c2nc(-c3ccc(-c4c5ccccc5cc5c4ccc4ccccc45)cc3)nc(-c3ccccc3-c3ccccc3)n2)cc1. The lowest BCUT2D eigenvalue weighted by Gasteiger charge is -2.15. The number of rotatable bonds is 6. The largest absolute Gasteiger partial charge is 0.208 e. The van der Waals surface area contributed by atoms with Crippen molar-refractivity contribution in [3.63, 3.8) is 0 Å².